The highest BCUT2D eigenvalue weighted by Gasteiger charge is 2.68. The molecule has 0 saturated carbocycles. The Morgan fingerprint density at radius 2 is 1.33 bits per heavy atom. The number of nitrogens with two attached hydrogens (primary N) is 1. The van der Waals surface area contributed by atoms with Crippen molar-refractivity contribution in [2.24, 2.45) is 5.41 Å². The number of rotatable bonds is 0. The van der Waals surface area contributed by atoms with Crippen molar-refractivity contribution in [1.29, 1.82) is 5.26 Å². The second-order valence-electron chi connectivity index (χ2n) is 5.68. The Labute approximate surface area is 135 Å². The van der Waals surface area contributed by atoms with Crippen molar-refractivity contribution in [1.82, 2.24) is 0 Å². The van der Waals surface area contributed by atoms with Gasteiger partial charge in [0.05, 0.1) is 17.2 Å². The predicted molar refractivity (Wildman–Crippen MR) is 81.8 cm³/mol. The maximum Gasteiger partial charge on any atom is 0.222 e. The molecule has 2 aromatic carbocycles. The van der Waals surface area contributed by atoms with Gasteiger partial charge in [0.25, 0.3) is 0 Å². The van der Waals surface area contributed by atoms with Crippen LogP contribution in [0.25, 0.3) is 0 Å². The van der Waals surface area contributed by atoms with E-state index in [0.29, 0.717) is 0 Å². The number of hydrogen-bond acceptors (Lipinski definition) is 6. The van der Waals surface area contributed by atoms with Crippen molar-refractivity contribution >= 4 is 28.8 Å². The van der Waals surface area contributed by atoms with E-state index in [2.05, 4.69) is 0 Å². The Balaban J connectivity index is 2.06. The summed E-state index contributed by atoms with van der Waals surface area (Å²) in [5.74, 6) is -3.60. The van der Waals surface area contributed by atoms with Crippen molar-refractivity contribution in [3.8, 4) is 6.07 Å². The van der Waals surface area contributed by atoms with Crippen LogP contribution in [0.5, 0.6) is 0 Å². The van der Waals surface area contributed by atoms with Crippen LogP contribution >= 0.6 is 0 Å². The highest BCUT2D eigenvalue weighted by molar-refractivity contribution is 6.57. The predicted octanol–water partition coefficient (Wildman–Crippen LogP) is 1.59. The fraction of sp³-hybridized carbons (Fsp3) is 0.0556. The first-order chi connectivity index (χ1) is 11.5. The van der Waals surface area contributed by atoms with Gasteiger partial charge in [0.15, 0.2) is 23.1 Å². The van der Waals surface area contributed by atoms with E-state index in [1.54, 1.807) is 0 Å². The SMILES string of the molecule is N#Cc1cccc2c1C(=O)C1(C(=O)c3cccc(N)c3C1=O)C2=O. The number of hydrogen-bond donors (Lipinski definition) is 1. The Hall–Kier alpha value is -3.59. The molecule has 0 aliphatic heterocycles. The number of nitrogen functional groups attached to an aromatic ring is 1. The molecule has 4 rings (SSSR count). The summed E-state index contributed by atoms with van der Waals surface area (Å²) in [6.45, 7) is 0. The molecule has 0 heterocycles. The van der Waals surface area contributed by atoms with E-state index in [4.69, 9.17) is 5.73 Å². The number of carbonyl (C=O) groups is 4. The molecule has 0 amide bonds. The molecule has 2 aliphatic carbocycles. The Morgan fingerprint density at radius 3 is 1.92 bits per heavy atom. The van der Waals surface area contributed by atoms with Crippen molar-refractivity contribution in [3.63, 3.8) is 0 Å². The Bertz CT molecular complexity index is 1060. The summed E-state index contributed by atoms with van der Waals surface area (Å²) < 4.78 is 0. The summed E-state index contributed by atoms with van der Waals surface area (Å²) in [5, 5.41) is 9.18. The van der Waals surface area contributed by atoms with Gasteiger partial charge in [-0.05, 0) is 12.1 Å². The lowest BCUT2D eigenvalue weighted by Crippen LogP contribution is -2.44. The fourth-order valence-electron chi connectivity index (χ4n) is 3.49. The minimum absolute atomic E-state index is 0.0342. The van der Waals surface area contributed by atoms with Gasteiger partial charge in [0.2, 0.25) is 5.41 Å². The van der Waals surface area contributed by atoms with Gasteiger partial charge in [-0.2, -0.15) is 5.26 Å². The van der Waals surface area contributed by atoms with Crippen LogP contribution in [0.1, 0.15) is 47.0 Å². The summed E-state index contributed by atoms with van der Waals surface area (Å²) in [5.41, 5.74) is 2.94. The summed E-state index contributed by atoms with van der Waals surface area (Å²) in [4.78, 5) is 51.6. The number of carbonyl (C=O) groups excluding carboxylic acids is 4. The smallest absolute Gasteiger partial charge is 0.222 e. The van der Waals surface area contributed by atoms with Crippen LogP contribution < -0.4 is 5.73 Å². The van der Waals surface area contributed by atoms with Crippen molar-refractivity contribution in [3.05, 3.63) is 64.2 Å². The maximum absolute atomic E-state index is 13.0. The van der Waals surface area contributed by atoms with Crippen molar-refractivity contribution < 1.29 is 19.2 Å². The molecule has 0 fully saturated rings. The van der Waals surface area contributed by atoms with E-state index < -0.39 is 28.5 Å². The van der Waals surface area contributed by atoms with E-state index in [0.717, 1.165) is 0 Å². The van der Waals surface area contributed by atoms with Crippen molar-refractivity contribution in [2.75, 3.05) is 5.73 Å². The molecule has 24 heavy (non-hydrogen) atoms. The number of fused-ring (bicyclic) bond motifs is 2. The van der Waals surface area contributed by atoms with Gasteiger partial charge in [0, 0.05) is 22.4 Å². The van der Waals surface area contributed by atoms with Crippen LogP contribution in [-0.4, -0.2) is 23.1 Å². The molecule has 1 unspecified atom stereocenters. The Morgan fingerprint density at radius 1 is 0.792 bits per heavy atom. The molecule has 1 spiro atoms. The van der Waals surface area contributed by atoms with E-state index in [-0.39, 0.29) is 33.5 Å². The number of benzene rings is 2. The molecule has 2 N–H and O–H groups in total. The molecule has 0 bridgehead atoms. The minimum Gasteiger partial charge on any atom is -0.398 e. The average molecular weight is 316 g/mol. The lowest BCUT2D eigenvalue weighted by atomic mass is 9.77. The van der Waals surface area contributed by atoms with Gasteiger partial charge < -0.3 is 5.73 Å². The molecule has 1 atom stereocenters. The first-order valence-electron chi connectivity index (χ1n) is 7.07. The molecular formula is C18H8N2O4. The van der Waals surface area contributed by atoms with Gasteiger partial charge in [-0.1, -0.05) is 24.3 Å². The number of nitriles is 1. The summed E-state index contributed by atoms with van der Waals surface area (Å²) >= 11 is 0. The molecule has 2 aliphatic rings. The topological polar surface area (TPSA) is 118 Å². The van der Waals surface area contributed by atoms with Crippen LogP contribution in [0.3, 0.4) is 0 Å². The molecule has 0 saturated heterocycles. The Kier molecular flexibility index (Phi) is 2.48. The lowest BCUT2D eigenvalue weighted by Gasteiger charge is -2.15. The second-order valence-corrected chi connectivity index (χ2v) is 5.68. The zero-order chi connectivity index (χ0) is 17.2. The van der Waals surface area contributed by atoms with Crippen molar-refractivity contribution in [2.45, 2.75) is 0 Å². The van der Waals surface area contributed by atoms with Crippen LogP contribution in [-0.2, 0) is 0 Å². The molecule has 6 nitrogen and oxygen atoms in total. The van der Waals surface area contributed by atoms with Gasteiger partial charge in [-0.25, -0.2) is 0 Å². The summed E-state index contributed by atoms with van der Waals surface area (Å²) in [6, 6.07) is 10.3. The van der Waals surface area contributed by atoms with Gasteiger partial charge in [-0.15, -0.1) is 0 Å². The second kappa shape index (κ2) is 4.24. The first kappa shape index (κ1) is 14.0. The third-order valence-electron chi connectivity index (χ3n) is 4.59. The molecule has 114 valence electrons. The van der Waals surface area contributed by atoms with Gasteiger partial charge in [-0.3, -0.25) is 19.2 Å². The number of nitrogens with zero attached hydrogens (tertiary/aromatic N) is 1. The largest absolute Gasteiger partial charge is 0.398 e. The van der Waals surface area contributed by atoms with Crippen LogP contribution in [0.15, 0.2) is 36.4 Å². The molecular weight excluding hydrogens is 308 g/mol. The maximum atomic E-state index is 13.0. The number of Topliss-reactive ketones (excluding diaryl/α,β-unsaturated/α-hetero) is 4. The van der Waals surface area contributed by atoms with E-state index in [1.165, 1.54) is 36.4 Å². The zero-order valence-electron chi connectivity index (χ0n) is 12.1. The molecule has 0 radical (unpaired) electrons. The van der Waals surface area contributed by atoms with E-state index >= 15 is 0 Å². The highest BCUT2D eigenvalue weighted by atomic mass is 16.2. The number of anilines is 1. The third kappa shape index (κ3) is 1.27. The first-order valence-corrected chi connectivity index (χ1v) is 7.07. The average Bonchev–Trinajstić information content (AvgIpc) is 2.96. The highest BCUT2D eigenvalue weighted by Crippen LogP contribution is 2.48. The molecule has 2 aromatic rings. The minimum atomic E-state index is -2.47. The quantitative estimate of drug-likeness (QED) is 0.582. The molecule has 0 aromatic heterocycles. The van der Waals surface area contributed by atoms with Crippen LogP contribution in [0, 0.1) is 16.7 Å². The molecule has 6 heteroatoms. The monoisotopic (exact) mass is 316 g/mol. The van der Waals surface area contributed by atoms with Crippen LogP contribution in [0.4, 0.5) is 5.69 Å². The van der Waals surface area contributed by atoms with E-state index in [1.807, 2.05) is 6.07 Å². The van der Waals surface area contributed by atoms with E-state index in [9.17, 15) is 24.4 Å². The summed E-state index contributed by atoms with van der Waals surface area (Å²) in [7, 11) is 0. The lowest BCUT2D eigenvalue weighted by molar-refractivity contribution is 0.0587. The van der Waals surface area contributed by atoms with Crippen LogP contribution in [0.2, 0.25) is 0 Å². The fourth-order valence-corrected chi connectivity index (χ4v) is 3.49. The third-order valence-corrected chi connectivity index (χ3v) is 4.59. The summed E-state index contributed by atoms with van der Waals surface area (Å²) in [6.07, 6.45) is 0. The van der Waals surface area contributed by atoms with Gasteiger partial charge >= 0.3 is 0 Å². The normalized spacial score (nSPS) is 21.1. The number of ketones is 4. The zero-order valence-corrected chi connectivity index (χ0v) is 12.1. The standard InChI is InChI=1S/C18H8N2O4/c19-7-8-3-1-4-9-12(8)16(23)18(14(9)21)15(22)10-5-2-6-11(20)13(10)17(18)24/h1-6H,20H2. The van der Waals surface area contributed by atoms with Gasteiger partial charge in [0.1, 0.15) is 0 Å².